The molecule has 0 bridgehead atoms. The molecule has 3 aromatic heterocycles. The number of nitrogens with zero attached hydrogens (tertiary/aromatic N) is 4. The molecule has 0 aliphatic carbocycles. The fourth-order valence-corrected chi connectivity index (χ4v) is 5.14. The molecule has 2 amide bonds. The zero-order chi connectivity index (χ0) is 36.5. The first-order valence-corrected chi connectivity index (χ1v) is 15.9. The Hall–Kier alpha value is -6.23. The number of hydrogen-bond acceptors (Lipinski definition) is 9. The molecule has 2 aromatic carbocycles. The number of carbonyl (C=O) groups is 2. The standard InChI is InChI=1S/C34H36F3N11O3/c1-2-19-16-21(6-7-22(19)32(49)42-12-13-43-33(50)24(38)4-3-11-44-34(39)40)47-30-31-46-18-25(48(31)15-14-41-30)23-8-9-26(29(37)28(23)36)51-27-10-5-20(35)17-45-27/h5-10,14-18,24H,2-4,11-13,38H2,1H3,(H,41,47)(H,42,49)(H,43,50)(H4,39,40,44)/t24-/m1/s1. The Balaban J connectivity index is 1.22. The second kappa shape index (κ2) is 16.4. The molecule has 5 rings (SSSR count). The number of fused-ring (bicyclic) bond motifs is 1. The van der Waals surface area contributed by atoms with Crippen LogP contribution in [0, 0.1) is 22.9 Å². The SMILES string of the molecule is CCc1cc(Nc2nccn3c(-c4ccc(Oc5ccc(F)cn5)c(F)c4F)cnc23)ccc1C(=O)NCCNC(=O)[C@H](N)CCCNC(=N)N. The Kier molecular flexibility index (Phi) is 11.6. The van der Waals surface area contributed by atoms with Crippen LogP contribution in [0.2, 0.25) is 0 Å². The quantitative estimate of drug-likeness (QED) is 0.0477. The number of imidazole rings is 1. The highest BCUT2D eigenvalue weighted by atomic mass is 19.2. The molecule has 17 heteroatoms. The summed E-state index contributed by atoms with van der Waals surface area (Å²) in [6.45, 7) is 2.72. The number of amides is 2. The topological polar surface area (TPSA) is 210 Å². The van der Waals surface area contributed by atoms with Gasteiger partial charge in [-0.15, -0.1) is 0 Å². The van der Waals surface area contributed by atoms with Gasteiger partial charge in [-0.25, -0.2) is 23.7 Å². The third kappa shape index (κ3) is 8.87. The summed E-state index contributed by atoms with van der Waals surface area (Å²) in [5.41, 5.74) is 13.4. The van der Waals surface area contributed by atoms with E-state index in [-0.39, 0.29) is 48.0 Å². The van der Waals surface area contributed by atoms with Crippen molar-refractivity contribution in [3.8, 4) is 22.9 Å². The van der Waals surface area contributed by atoms with Crippen molar-refractivity contribution in [2.75, 3.05) is 25.0 Å². The maximum atomic E-state index is 15.3. The van der Waals surface area contributed by atoms with Crippen LogP contribution in [0.4, 0.5) is 24.7 Å². The van der Waals surface area contributed by atoms with Crippen molar-refractivity contribution >= 4 is 34.9 Å². The summed E-state index contributed by atoms with van der Waals surface area (Å²) < 4.78 is 50.4. The molecule has 5 aromatic rings. The van der Waals surface area contributed by atoms with Gasteiger partial charge in [0, 0.05) is 54.9 Å². The van der Waals surface area contributed by atoms with Gasteiger partial charge in [0.05, 0.1) is 24.1 Å². The number of nitrogens with one attached hydrogen (secondary N) is 5. The van der Waals surface area contributed by atoms with Crippen molar-refractivity contribution < 1.29 is 27.5 Å². The van der Waals surface area contributed by atoms with Crippen LogP contribution in [0.25, 0.3) is 16.9 Å². The Morgan fingerprint density at radius 2 is 1.76 bits per heavy atom. The van der Waals surface area contributed by atoms with E-state index in [1.165, 1.54) is 30.6 Å². The smallest absolute Gasteiger partial charge is 0.251 e. The van der Waals surface area contributed by atoms with E-state index >= 15 is 8.78 Å². The van der Waals surface area contributed by atoms with E-state index in [1.54, 1.807) is 28.8 Å². The van der Waals surface area contributed by atoms with E-state index < -0.39 is 29.2 Å². The van der Waals surface area contributed by atoms with Gasteiger partial charge in [0.2, 0.25) is 17.6 Å². The molecule has 0 saturated carbocycles. The number of aromatic nitrogens is 4. The van der Waals surface area contributed by atoms with E-state index in [0.29, 0.717) is 48.5 Å². The van der Waals surface area contributed by atoms with Crippen LogP contribution >= 0.6 is 0 Å². The molecule has 0 unspecified atom stereocenters. The van der Waals surface area contributed by atoms with Crippen molar-refractivity contribution in [3.63, 3.8) is 0 Å². The Morgan fingerprint density at radius 1 is 0.961 bits per heavy atom. The lowest BCUT2D eigenvalue weighted by molar-refractivity contribution is -0.122. The highest BCUT2D eigenvalue weighted by molar-refractivity contribution is 5.96. The molecule has 0 spiro atoms. The van der Waals surface area contributed by atoms with E-state index in [1.807, 2.05) is 6.92 Å². The Labute approximate surface area is 290 Å². The summed E-state index contributed by atoms with van der Waals surface area (Å²) in [4.78, 5) is 37.7. The molecule has 9 N–H and O–H groups in total. The number of rotatable bonds is 15. The maximum absolute atomic E-state index is 15.3. The first kappa shape index (κ1) is 36.1. The normalized spacial score (nSPS) is 11.5. The molecule has 51 heavy (non-hydrogen) atoms. The maximum Gasteiger partial charge on any atom is 0.251 e. The van der Waals surface area contributed by atoms with E-state index in [9.17, 15) is 14.0 Å². The number of guanidine groups is 1. The van der Waals surface area contributed by atoms with Gasteiger partial charge >= 0.3 is 0 Å². The summed E-state index contributed by atoms with van der Waals surface area (Å²) in [5, 5.41) is 18.5. The lowest BCUT2D eigenvalue weighted by Gasteiger charge is -2.14. The highest BCUT2D eigenvalue weighted by Gasteiger charge is 2.21. The van der Waals surface area contributed by atoms with Gasteiger partial charge in [-0.2, -0.15) is 4.39 Å². The van der Waals surface area contributed by atoms with Crippen LogP contribution in [-0.4, -0.2) is 62.8 Å². The zero-order valence-electron chi connectivity index (χ0n) is 27.5. The third-order valence-corrected chi connectivity index (χ3v) is 7.71. The number of ether oxygens (including phenoxy) is 1. The van der Waals surface area contributed by atoms with Gasteiger partial charge in [0.25, 0.3) is 5.91 Å². The Morgan fingerprint density at radius 3 is 2.51 bits per heavy atom. The van der Waals surface area contributed by atoms with Gasteiger partial charge in [-0.05, 0) is 61.2 Å². The third-order valence-electron chi connectivity index (χ3n) is 7.71. The van der Waals surface area contributed by atoms with Crippen LogP contribution in [0.1, 0.15) is 35.7 Å². The van der Waals surface area contributed by atoms with Gasteiger partial charge in [-0.1, -0.05) is 6.92 Å². The number of aryl methyl sites for hydroxylation is 1. The van der Waals surface area contributed by atoms with E-state index in [2.05, 4.69) is 36.2 Å². The molecule has 266 valence electrons. The second-order valence-electron chi connectivity index (χ2n) is 11.3. The summed E-state index contributed by atoms with van der Waals surface area (Å²) >= 11 is 0. The molecule has 14 nitrogen and oxygen atoms in total. The predicted octanol–water partition coefficient (Wildman–Crippen LogP) is 3.74. The lowest BCUT2D eigenvalue weighted by atomic mass is 10.0. The molecule has 0 saturated heterocycles. The largest absolute Gasteiger partial charge is 0.436 e. The first-order valence-electron chi connectivity index (χ1n) is 15.9. The van der Waals surface area contributed by atoms with Crippen molar-refractivity contribution in [1.82, 2.24) is 35.3 Å². The molecule has 3 heterocycles. The number of carbonyl (C=O) groups excluding carboxylic acids is 2. The van der Waals surface area contributed by atoms with Gasteiger partial charge < -0.3 is 37.5 Å². The molecule has 0 aliphatic heterocycles. The van der Waals surface area contributed by atoms with Crippen LogP contribution < -0.4 is 37.5 Å². The number of pyridine rings is 1. The molecule has 1 atom stereocenters. The van der Waals surface area contributed by atoms with Crippen LogP contribution in [0.3, 0.4) is 0 Å². The molecular formula is C34H36F3N11O3. The number of hydrogen-bond donors (Lipinski definition) is 7. The summed E-state index contributed by atoms with van der Waals surface area (Å²) in [5.74, 6) is -4.02. The number of benzene rings is 2. The summed E-state index contributed by atoms with van der Waals surface area (Å²) in [7, 11) is 0. The minimum absolute atomic E-state index is 0.0821. The predicted molar refractivity (Wildman–Crippen MR) is 184 cm³/mol. The van der Waals surface area contributed by atoms with Gasteiger partial charge in [0.1, 0.15) is 5.82 Å². The number of halogens is 3. The molecular weight excluding hydrogens is 667 g/mol. The Bertz CT molecular complexity index is 2040. The minimum atomic E-state index is -1.25. The van der Waals surface area contributed by atoms with Gasteiger partial charge in [0.15, 0.2) is 29.0 Å². The summed E-state index contributed by atoms with van der Waals surface area (Å²) in [6, 6.07) is 9.32. The fourth-order valence-electron chi connectivity index (χ4n) is 5.14. The van der Waals surface area contributed by atoms with Crippen LogP contribution in [0.15, 0.2) is 67.3 Å². The zero-order valence-corrected chi connectivity index (χ0v) is 27.5. The minimum Gasteiger partial charge on any atom is -0.436 e. The van der Waals surface area contributed by atoms with E-state index in [0.717, 1.165) is 17.8 Å². The second-order valence-corrected chi connectivity index (χ2v) is 11.3. The number of nitrogens with two attached hydrogens (primary N) is 2. The molecule has 0 aliphatic rings. The fraction of sp³-hybridized carbons (Fsp3) is 0.235. The molecule has 0 fully saturated rings. The summed E-state index contributed by atoms with van der Waals surface area (Å²) in [6.07, 6.45) is 6.83. The van der Waals surface area contributed by atoms with Gasteiger partial charge in [-0.3, -0.25) is 19.4 Å². The van der Waals surface area contributed by atoms with Crippen LogP contribution in [0.5, 0.6) is 11.6 Å². The first-order chi connectivity index (χ1) is 24.5. The van der Waals surface area contributed by atoms with Crippen molar-refractivity contribution in [3.05, 3.63) is 95.8 Å². The monoisotopic (exact) mass is 703 g/mol. The van der Waals surface area contributed by atoms with E-state index in [4.69, 9.17) is 21.6 Å². The lowest BCUT2D eigenvalue weighted by Crippen LogP contribution is -2.44. The van der Waals surface area contributed by atoms with Crippen molar-refractivity contribution in [2.45, 2.75) is 32.2 Å². The molecule has 0 radical (unpaired) electrons. The van der Waals surface area contributed by atoms with Crippen molar-refractivity contribution in [1.29, 1.82) is 5.41 Å². The average molecular weight is 704 g/mol. The van der Waals surface area contributed by atoms with Crippen molar-refractivity contribution in [2.24, 2.45) is 11.5 Å². The number of anilines is 2. The average Bonchev–Trinajstić information content (AvgIpc) is 3.56. The van der Waals surface area contributed by atoms with Crippen LogP contribution in [-0.2, 0) is 11.2 Å². The highest BCUT2D eigenvalue weighted by Crippen LogP contribution is 2.33.